The molecule has 1 amide bonds. The number of likely N-dealkylation sites (tertiary alicyclic amines) is 1. The first-order valence-corrected chi connectivity index (χ1v) is 11.2. The molecule has 1 saturated heterocycles. The molecular formula is C24H28F5N3O2. The lowest BCUT2D eigenvalue weighted by Gasteiger charge is -2.50. The van der Waals surface area contributed by atoms with Gasteiger partial charge in [0.1, 0.15) is 0 Å². The molecule has 0 aliphatic carbocycles. The lowest BCUT2D eigenvalue weighted by atomic mass is 9.81. The number of benzene rings is 1. The van der Waals surface area contributed by atoms with Gasteiger partial charge in [-0.2, -0.15) is 22.0 Å². The second kappa shape index (κ2) is 8.05. The number of hydrogen-bond donors (Lipinski definition) is 1. The van der Waals surface area contributed by atoms with E-state index in [1.807, 2.05) is 11.9 Å². The van der Waals surface area contributed by atoms with Crippen molar-refractivity contribution in [1.82, 2.24) is 14.4 Å². The fourth-order valence-electron chi connectivity index (χ4n) is 5.11. The number of aromatic nitrogens is 1. The fraction of sp³-hybridized carbons (Fsp3) is 0.542. The van der Waals surface area contributed by atoms with Crippen LogP contribution in [-0.2, 0) is 23.6 Å². The maximum absolute atomic E-state index is 14.2. The van der Waals surface area contributed by atoms with E-state index in [1.54, 1.807) is 43.0 Å². The molecule has 1 aromatic carbocycles. The summed E-state index contributed by atoms with van der Waals surface area (Å²) < 4.78 is 68.6. The fourth-order valence-corrected chi connectivity index (χ4v) is 5.11. The molecule has 4 rings (SSSR count). The molecular weight excluding hydrogens is 457 g/mol. The van der Waals surface area contributed by atoms with Crippen molar-refractivity contribution in [3.8, 4) is 0 Å². The first-order valence-electron chi connectivity index (χ1n) is 11.2. The lowest BCUT2D eigenvalue weighted by molar-refractivity contribution is -0.292. The highest BCUT2D eigenvalue weighted by Crippen LogP contribution is 2.48. The monoisotopic (exact) mass is 485 g/mol. The van der Waals surface area contributed by atoms with Crippen LogP contribution in [0.4, 0.5) is 22.0 Å². The van der Waals surface area contributed by atoms with Crippen LogP contribution in [0.15, 0.2) is 36.4 Å². The standard InChI is InChI=1S/C24H28F5N3O2/c1-21(2,34)17-6-4-16(5-7-17)20(33)31-12-10-22(11-13-31)18-8-9-19(23(25,26)24(27,28)29)32(18)15-14-30(22)3/h4-9,34H,10-15H2,1-3H3. The van der Waals surface area contributed by atoms with Gasteiger partial charge in [-0.25, -0.2) is 0 Å². The smallest absolute Gasteiger partial charge is 0.386 e. The number of aliphatic hydroxyl groups is 1. The minimum Gasteiger partial charge on any atom is -0.386 e. The van der Waals surface area contributed by atoms with Crippen LogP contribution < -0.4 is 0 Å². The van der Waals surface area contributed by atoms with Crippen molar-refractivity contribution in [2.45, 2.75) is 56.5 Å². The highest BCUT2D eigenvalue weighted by atomic mass is 19.4. The Morgan fingerprint density at radius 2 is 1.50 bits per heavy atom. The van der Waals surface area contributed by atoms with Gasteiger partial charge in [0.2, 0.25) is 0 Å². The Balaban J connectivity index is 1.56. The average molecular weight is 485 g/mol. The zero-order chi connectivity index (χ0) is 25.1. The largest absolute Gasteiger partial charge is 0.459 e. The molecule has 5 nitrogen and oxygen atoms in total. The van der Waals surface area contributed by atoms with Crippen LogP contribution in [-0.4, -0.2) is 58.2 Å². The number of rotatable bonds is 3. The number of carbonyl (C=O) groups is 1. The van der Waals surface area contributed by atoms with Gasteiger partial charge in [0.05, 0.1) is 16.8 Å². The molecule has 0 atom stereocenters. The molecule has 1 spiro atoms. The summed E-state index contributed by atoms with van der Waals surface area (Å²) in [5.41, 5.74) is -1.20. The number of hydrogen-bond acceptors (Lipinski definition) is 3. The van der Waals surface area contributed by atoms with E-state index in [0.29, 0.717) is 49.3 Å². The summed E-state index contributed by atoms with van der Waals surface area (Å²) in [4.78, 5) is 16.7. The summed E-state index contributed by atoms with van der Waals surface area (Å²) in [6, 6.07) is 8.96. The normalized spacial score (nSPS) is 19.4. The maximum Gasteiger partial charge on any atom is 0.459 e. The maximum atomic E-state index is 14.2. The van der Waals surface area contributed by atoms with Crippen molar-refractivity contribution in [1.29, 1.82) is 0 Å². The van der Waals surface area contributed by atoms with Crippen LogP contribution in [0.5, 0.6) is 0 Å². The summed E-state index contributed by atoms with van der Waals surface area (Å²) >= 11 is 0. The van der Waals surface area contributed by atoms with Gasteiger partial charge in [-0.05, 0) is 63.6 Å². The number of nitrogens with zero attached hydrogens (tertiary/aromatic N) is 3. The molecule has 1 N–H and O–H groups in total. The minimum absolute atomic E-state index is 0.0395. The van der Waals surface area contributed by atoms with Crippen LogP contribution in [0.2, 0.25) is 0 Å². The van der Waals surface area contributed by atoms with Crippen LogP contribution >= 0.6 is 0 Å². The zero-order valence-electron chi connectivity index (χ0n) is 19.3. The molecule has 2 aliphatic rings. The number of carbonyl (C=O) groups excluding carboxylic acids is 1. The Morgan fingerprint density at radius 3 is 2.03 bits per heavy atom. The minimum atomic E-state index is -5.67. The summed E-state index contributed by atoms with van der Waals surface area (Å²) in [7, 11) is 1.84. The predicted molar refractivity (Wildman–Crippen MR) is 116 cm³/mol. The first-order chi connectivity index (χ1) is 15.7. The summed E-state index contributed by atoms with van der Waals surface area (Å²) in [6.07, 6.45) is -4.84. The zero-order valence-corrected chi connectivity index (χ0v) is 19.3. The molecule has 1 fully saturated rings. The number of amides is 1. The van der Waals surface area contributed by atoms with E-state index in [0.717, 1.165) is 10.6 Å². The van der Waals surface area contributed by atoms with Gasteiger partial charge < -0.3 is 14.6 Å². The topological polar surface area (TPSA) is 48.7 Å². The van der Waals surface area contributed by atoms with Gasteiger partial charge in [0.15, 0.2) is 0 Å². The van der Waals surface area contributed by atoms with Gasteiger partial charge >= 0.3 is 12.1 Å². The van der Waals surface area contributed by atoms with Crippen LogP contribution in [0.3, 0.4) is 0 Å². The lowest BCUT2D eigenvalue weighted by Crippen LogP contribution is -2.57. The average Bonchev–Trinajstić information content (AvgIpc) is 3.21. The molecule has 0 radical (unpaired) electrons. The van der Waals surface area contributed by atoms with Crippen molar-refractivity contribution < 1.29 is 31.9 Å². The molecule has 0 saturated carbocycles. The molecule has 0 unspecified atom stereocenters. The Labute approximate surface area is 194 Å². The Hall–Kier alpha value is -2.46. The number of halogens is 5. The van der Waals surface area contributed by atoms with E-state index in [-0.39, 0.29) is 12.5 Å². The van der Waals surface area contributed by atoms with Gasteiger partial charge in [0.25, 0.3) is 5.91 Å². The van der Waals surface area contributed by atoms with E-state index >= 15 is 0 Å². The summed E-state index contributed by atoms with van der Waals surface area (Å²) in [5, 5.41) is 10.1. The van der Waals surface area contributed by atoms with E-state index < -0.39 is 28.9 Å². The Bertz CT molecular complexity index is 1060. The number of likely N-dealkylation sites (N-methyl/N-ethyl adjacent to an activating group) is 1. The van der Waals surface area contributed by atoms with Crippen molar-refractivity contribution in [3.05, 3.63) is 58.9 Å². The van der Waals surface area contributed by atoms with E-state index in [1.165, 1.54) is 6.07 Å². The molecule has 1 aromatic heterocycles. The van der Waals surface area contributed by atoms with Crippen LogP contribution in [0.1, 0.15) is 54.0 Å². The second-order valence-electron chi connectivity index (χ2n) is 9.71. The van der Waals surface area contributed by atoms with Crippen LogP contribution in [0.25, 0.3) is 0 Å². The highest BCUT2D eigenvalue weighted by Gasteiger charge is 2.61. The Kier molecular flexibility index (Phi) is 5.84. The van der Waals surface area contributed by atoms with E-state index in [4.69, 9.17) is 0 Å². The van der Waals surface area contributed by atoms with Gasteiger partial charge in [-0.15, -0.1) is 0 Å². The molecule has 2 aliphatic heterocycles. The quantitative estimate of drug-likeness (QED) is 0.654. The van der Waals surface area contributed by atoms with Gasteiger partial charge in [0, 0.05) is 37.4 Å². The van der Waals surface area contributed by atoms with Crippen molar-refractivity contribution in [2.24, 2.45) is 0 Å². The van der Waals surface area contributed by atoms with Crippen molar-refractivity contribution in [3.63, 3.8) is 0 Å². The van der Waals surface area contributed by atoms with Crippen LogP contribution in [0, 0.1) is 0 Å². The highest BCUT2D eigenvalue weighted by molar-refractivity contribution is 5.94. The SMILES string of the molecule is CN1CCn2c(ccc2C(F)(F)C(F)(F)F)C12CCN(C(=O)c1ccc(C(C)(C)O)cc1)CC2. The molecule has 34 heavy (non-hydrogen) atoms. The molecule has 0 bridgehead atoms. The third-order valence-electron chi connectivity index (χ3n) is 7.24. The number of piperidine rings is 1. The third-order valence-corrected chi connectivity index (χ3v) is 7.24. The molecule has 10 heteroatoms. The number of alkyl halides is 5. The Morgan fingerprint density at radius 1 is 0.912 bits per heavy atom. The van der Waals surface area contributed by atoms with Gasteiger partial charge in [-0.3, -0.25) is 9.69 Å². The third kappa shape index (κ3) is 3.90. The molecule has 2 aromatic rings. The summed E-state index contributed by atoms with van der Waals surface area (Å²) in [5.74, 6) is -5.12. The summed E-state index contributed by atoms with van der Waals surface area (Å²) in [6.45, 7) is 4.35. The van der Waals surface area contributed by atoms with E-state index in [9.17, 15) is 31.9 Å². The second-order valence-corrected chi connectivity index (χ2v) is 9.71. The van der Waals surface area contributed by atoms with Crippen molar-refractivity contribution in [2.75, 3.05) is 26.7 Å². The first kappa shape index (κ1) is 24.7. The van der Waals surface area contributed by atoms with Gasteiger partial charge in [-0.1, -0.05) is 12.1 Å². The van der Waals surface area contributed by atoms with E-state index in [2.05, 4.69) is 0 Å². The molecule has 3 heterocycles. The predicted octanol–water partition coefficient (Wildman–Crippen LogP) is 4.45. The molecule has 186 valence electrons. The van der Waals surface area contributed by atoms with Crippen molar-refractivity contribution >= 4 is 5.91 Å². The number of fused-ring (bicyclic) bond motifs is 2.